The van der Waals surface area contributed by atoms with Crippen LogP contribution in [0.5, 0.6) is 5.75 Å². The largest absolute Gasteiger partial charge is 0.497 e. The molecule has 3 heterocycles. The zero-order valence-corrected chi connectivity index (χ0v) is 13.4. The van der Waals surface area contributed by atoms with Gasteiger partial charge >= 0.3 is 0 Å². The average Bonchev–Trinajstić information content (AvgIpc) is 3.19. The van der Waals surface area contributed by atoms with Crippen LogP contribution in [-0.2, 0) is 0 Å². The van der Waals surface area contributed by atoms with Gasteiger partial charge in [-0.2, -0.15) is 10.2 Å². The third-order valence-corrected chi connectivity index (χ3v) is 4.93. The fourth-order valence-electron chi connectivity index (χ4n) is 3.28. The van der Waals surface area contributed by atoms with Crippen LogP contribution in [0.4, 0.5) is 0 Å². The summed E-state index contributed by atoms with van der Waals surface area (Å²) in [6.07, 6.45) is 7.62. The van der Waals surface area contributed by atoms with Crippen molar-refractivity contribution < 1.29 is 4.74 Å². The molecule has 1 aromatic carbocycles. The molecule has 1 fully saturated rings. The molecule has 0 saturated heterocycles. The van der Waals surface area contributed by atoms with E-state index in [1.165, 1.54) is 25.0 Å². The first-order valence-electron chi connectivity index (χ1n) is 8.19. The smallest absolute Gasteiger partial charge is 0.175 e. The van der Waals surface area contributed by atoms with E-state index in [1.54, 1.807) is 13.3 Å². The maximum atomic E-state index is 5.34. The van der Waals surface area contributed by atoms with Crippen molar-refractivity contribution in [3.05, 3.63) is 42.4 Å². The highest BCUT2D eigenvalue weighted by Crippen LogP contribution is 2.35. The molecule has 1 N–H and O–H groups in total. The van der Waals surface area contributed by atoms with Crippen molar-refractivity contribution in [3.8, 4) is 11.6 Å². The standard InChI is InChI=1S/C18H17N5O/c1-24-12-5-6-15-13(7-12)14-10-23(22-17(14)9-19-15)18-8-16(20-21-18)11-3-2-4-11/h5-11H,2-4H2,1H3,(H,20,21). The molecule has 0 spiro atoms. The molecule has 24 heavy (non-hydrogen) atoms. The van der Waals surface area contributed by atoms with Gasteiger partial charge in [-0.1, -0.05) is 6.42 Å². The Balaban J connectivity index is 1.64. The average molecular weight is 319 g/mol. The minimum absolute atomic E-state index is 0.628. The summed E-state index contributed by atoms with van der Waals surface area (Å²) in [5.41, 5.74) is 2.99. The number of benzene rings is 1. The van der Waals surface area contributed by atoms with Crippen LogP contribution in [0.2, 0.25) is 0 Å². The Morgan fingerprint density at radius 3 is 2.88 bits per heavy atom. The maximum Gasteiger partial charge on any atom is 0.175 e. The molecule has 1 aliphatic carbocycles. The lowest BCUT2D eigenvalue weighted by Gasteiger charge is -2.23. The van der Waals surface area contributed by atoms with Crippen molar-refractivity contribution in [2.75, 3.05) is 7.11 Å². The summed E-state index contributed by atoms with van der Waals surface area (Å²) in [5, 5.41) is 14.3. The molecule has 0 amide bonds. The Bertz CT molecular complexity index is 1040. The highest BCUT2D eigenvalue weighted by Gasteiger charge is 2.22. The first-order chi connectivity index (χ1) is 11.8. The number of ether oxygens (including phenoxy) is 1. The molecular weight excluding hydrogens is 302 g/mol. The van der Waals surface area contributed by atoms with Crippen molar-refractivity contribution >= 4 is 21.8 Å². The van der Waals surface area contributed by atoms with Crippen LogP contribution in [0.25, 0.3) is 27.6 Å². The second-order valence-electron chi connectivity index (χ2n) is 6.32. The number of hydrogen-bond donors (Lipinski definition) is 1. The van der Waals surface area contributed by atoms with Gasteiger partial charge in [-0.25, -0.2) is 4.68 Å². The molecule has 0 atom stereocenters. The summed E-state index contributed by atoms with van der Waals surface area (Å²) in [6.45, 7) is 0. The van der Waals surface area contributed by atoms with E-state index in [0.29, 0.717) is 5.92 Å². The number of aromatic amines is 1. The maximum absolute atomic E-state index is 5.34. The monoisotopic (exact) mass is 319 g/mol. The summed E-state index contributed by atoms with van der Waals surface area (Å²) in [4.78, 5) is 4.49. The van der Waals surface area contributed by atoms with Gasteiger partial charge in [0.15, 0.2) is 5.82 Å². The van der Waals surface area contributed by atoms with Crippen LogP contribution >= 0.6 is 0 Å². The summed E-state index contributed by atoms with van der Waals surface area (Å²) in [7, 11) is 1.67. The first-order valence-corrected chi connectivity index (χ1v) is 8.19. The normalized spacial score (nSPS) is 15.0. The van der Waals surface area contributed by atoms with E-state index in [4.69, 9.17) is 4.74 Å². The number of aromatic nitrogens is 5. The molecule has 6 heteroatoms. The van der Waals surface area contributed by atoms with Crippen molar-refractivity contribution in [1.29, 1.82) is 0 Å². The molecule has 1 aliphatic rings. The van der Waals surface area contributed by atoms with E-state index < -0.39 is 0 Å². The van der Waals surface area contributed by atoms with Crippen molar-refractivity contribution in [2.45, 2.75) is 25.2 Å². The Morgan fingerprint density at radius 2 is 2.08 bits per heavy atom. The van der Waals surface area contributed by atoms with Gasteiger partial charge in [-0.3, -0.25) is 10.1 Å². The van der Waals surface area contributed by atoms with Gasteiger partial charge in [-0.15, -0.1) is 0 Å². The number of pyridine rings is 1. The highest BCUT2D eigenvalue weighted by atomic mass is 16.5. The van der Waals surface area contributed by atoms with Crippen LogP contribution in [0.3, 0.4) is 0 Å². The predicted octanol–water partition coefficient (Wildman–Crippen LogP) is 3.57. The second-order valence-corrected chi connectivity index (χ2v) is 6.32. The number of H-pyrrole nitrogens is 1. The molecule has 5 rings (SSSR count). The van der Waals surface area contributed by atoms with E-state index in [9.17, 15) is 0 Å². The van der Waals surface area contributed by atoms with Crippen LogP contribution in [-0.4, -0.2) is 32.1 Å². The second kappa shape index (κ2) is 5.06. The number of fused-ring (bicyclic) bond motifs is 3. The van der Waals surface area contributed by atoms with E-state index in [0.717, 1.165) is 33.4 Å². The predicted molar refractivity (Wildman–Crippen MR) is 91.7 cm³/mol. The molecule has 4 aromatic rings. The summed E-state index contributed by atoms with van der Waals surface area (Å²) >= 11 is 0. The van der Waals surface area contributed by atoms with Crippen LogP contribution < -0.4 is 4.74 Å². The Kier molecular flexibility index (Phi) is 2.85. The van der Waals surface area contributed by atoms with Crippen LogP contribution in [0.1, 0.15) is 30.9 Å². The Morgan fingerprint density at radius 1 is 1.17 bits per heavy atom. The minimum atomic E-state index is 0.628. The quantitative estimate of drug-likeness (QED) is 0.627. The fourth-order valence-corrected chi connectivity index (χ4v) is 3.28. The lowest BCUT2D eigenvalue weighted by Crippen LogP contribution is -2.08. The molecule has 0 bridgehead atoms. The van der Waals surface area contributed by atoms with Crippen molar-refractivity contribution in [1.82, 2.24) is 25.0 Å². The van der Waals surface area contributed by atoms with E-state index in [1.807, 2.05) is 29.1 Å². The number of hydrogen-bond acceptors (Lipinski definition) is 4. The molecule has 0 unspecified atom stereocenters. The SMILES string of the molecule is COc1ccc2ncc3nn(-c4cc(C5CCC5)[nH]n4)cc3c2c1. The molecule has 0 radical (unpaired) electrons. The highest BCUT2D eigenvalue weighted by molar-refractivity contribution is 6.04. The number of nitrogens with zero attached hydrogens (tertiary/aromatic N) is 4. The Hall–Kier alpha value is -2.89. The van der Waals surface area contributed by atoms with E-state index in [2.05, 4.69) is 26.3 Å². The first kappa shape index (κ1) is 13.5. The third-order valence-electron chi connectivity index (χ3n) is 4.93. The Labute approximate surface area is 138 Å². The zero-order valence-electron chi connectivity index (χ0n) is 13.4. The minimum Gasteiger partial charge on any atom is -0.497 e. The third kappa shape index (κ3) is 1.99. The van der Waals surface area contributed by atoms with Gasteiger partial charge in [-0.05, 0) is 31.0 Å². The molecule has 1 saturated carbocycles. The molecule has 0 aliphatic heterocycles. The lowest BCUT2D eigenvalue weighted by atomic mass is 9.83. The topological polar surface area (TPSA) is 68.6 Å². The lowest BCUT2D eigenvalue weighted by molar-refractivity contribution is 0.410. The number of nitrogens with one attached hydrogen (secondary N) is 1. The zero-order chi connectivity index (χ0) is 16.1. The van der Waals surface area contributed by atoms with Gasteiger partial charge in [0, 0.05) is 34.6 Å². The van der Waals surface area contributed by atoms with Gasteiger partial charge < -0.3 is 4.74 Å². The summed E-state index contributed by atoms with van der Waals surface area (Å²) in [5.74, 6) is 2.27. The summed E-state index contributed by atoms with van der Waals surface area (Å²) in [6, 6.07) is 7.99. The number of methoxy groups -OCH3 is 1. The van der Waals surface area contributed by atoms with E-state index >= 15 is 0 Å². The molecular formula is C18H17N5O. The van der Waals surface area contributed by atoms with Gasteiger partial charge in [0.05, 0.1) is 18.8 Å². The summed E-state index contributed by atoms with van der Waals surface area (Å²) < 4.78 is 7.16. The van der Waals surface area contributed by atoms with Crippen LogP contribution in [0, 0.1) is 0 Å². The molecule has 3 aromatic heterocycles. The molecule has 6 nitrogen and oxygen atoms in total. The van der Waals surface area contributed by atoms with E-state index in [-0.39, 0.29) is 0 Å². The van der Waals surface area contributed by atoms with Crippen molar-refractivity contribution in [3.63, 3.8) is 0 Å². The molecule has 120 valence electrons. The van der Waals surface area contributed by atoms with Gasteiger partial charge in [0.25, 0.3) is 0 Å². The van der Waals surface area contributed by atoms with Gasteiger partial charge in [0.1, 0.15) is 11.3 Å². The fraction of sp³-hybridized carbons (Fsp3) is 0.278. The van der Waals surface area contributed by atoms with Crippen LogP contribution in [0.15, 0.2) is 36.7 Å². The van der Waals surface area contributed by atoms with Gasteiger partial charge in [0.2, 0.25) is 0 Å². The number of rotatable bonds is 3. The van der Waals surface area contributed by atoms with Crippen molar-refractivity contribution in [2.24, 2.45) is 0 Å².